The number of pyridine rings is 1. The van der Waals surface area contributed by atoms with Crippen molar-refractivity contribution >= 4 is 11.3 Å². The van der Waals surface area contributed by atoms with Gasteiger partial charge in [-0.2, -0.15) is 11.3 Å². The van der Waals surface area contributed by atoms with Crippen molar-refractivity contribution in [3.05, 3.63) is 52.5 Å². The molecule has 2 heterocycles. The van der Waals surface area contributed by atoms with E-state index in [0.29, 0.717) is 11.8 Å². The van der Waals surface area contributed by atoms with Crippen LogP contribution in [0, 0.1) is 0 Å². The zero-order chi connectivity index (χ0) is 12.7. The summed E-state index contributed by atoms with van der Waals surface area (Å²) in [7, 11) is 0. The van der Waals surface area contributed by atoms with Crippen LogP contribution in [0.4, 0.5) is 0 Å². The van der Waals surface area contributed by atoms with Gasteiger partial charge in [0.15, 0.2) is 0 Å². The Labute approximate surface area is 109 Å². The summed E-state index contributed by atoms with van der Waals surface area (Å²) in [5.74, 6) is 1.24. The van der Waals surface area contributed by atoms with Crippen LogP contribution in [-0.4, -0.2) is 4.98 Å². The van der Waals surface area contributed by atoms with Crippen molar-refractivity contribution in [3.8, 4) is 0 Å². The first-order chi connectivity index (χ1) is 8.11. The summed E-state index contributed by atoms with van der Waals surface area (Å²) in [4.78, 5) is 4.18. The van der Waals surface area contributed by atoms with Gasteiger partial charge in [0.1, 0.15) is 0 Å². The standard InChI is InChI=1S/C8H11N.C7H10S/c1-7(2)8-5-3-4-6-9-8;1-6(2)7-3-4-8-5-7/h3-7H,1-2H3;3-6H,1-2H3. The van der Waals surface area contributed by atoms with E-state index in [4.69, 9.17) is 0 Å². The fourth-order valence-electron chi connectivity index (χ4n) is 1.32. The van der Waals surface area contributed by atoms with E-state index in [9.17, 15) is 0 Å². The summed E-state index contributed by atoms with van der Waals surface area (Å²) in [5, 5.41) is 4.32. The number of hydrogen-bond acceptors (Lipinski definition) is 2. The summed E-state index contributed by atoms with van der Waals surface area (Å²) >= 11 is 1.77. The summed E-state index contributed by atoms with van der Waals surface area (Å²) in [6, 6.07) is 8.17. The Morgan fingerprint density at radius 2 is 1.76 bits per heavy atom. The van der Waals surface area contributed by atoms with E-state index in [1.54, 1.807) is 11.3 Å². The first-order valence-electron chi connectivity index (χ1n) is 6.04. The summed E-state index contributed by atoms with van der Waals surface area (Å²) in [6.07, 6.45) is 1.83. The lowest BCUT2D eigenvalue weighted by molar-refractivity contribution is 0.823. The van der Waals surface area contributed by atoms with Gasteiger partial charge in [-0.1, -0.05) is 33.8 Å². The molecular formula is C15H21NS. The summed E-state index contributed by atoms with van der Waals surface area (Å²) in [6.45, 7) is 8.70. The molecule has 0 unspecified atom stereocenters. The quantitative estimate of drug-likeness (QED) is 0.721. The molecule has 0 radical (unpaired) electrons. The van der Waals surface area contributed by atoms with Crippen molar-refractivity contribution in [1.82, 2.24) is 4.98 Å². The minimum absolute atomic E-state index is 0.547. The van der Waals surface area contributed by atoms with Gasteiger partial charge in [-0.05, 0) is 46.4 Å². The lowest BCUT2D eigenvalue weighted by Gasteiger charge is -2.00. The van der Waals surface area contributed by atoms with Crippen LogP contribution in [-0.2, 0) is 0 Å². The molecule has 17 heavy (non-hydrogen) atoms. The SMILES string of the molecule is CC(C)c1ccccn1.CC(C)c1ccsc1. The van der Waals surface area contributed by atoms with Crippen molar-refractivity contribution in [1.29, 1.82) is 0 Å². The number of thiophene rings is 1. The summed E-state index contributed by atoms with van der Waals surface area (Å²) in [5.41, 5.74) is 2.62. The lowest BCUT2D eigenvalue weighted by atomic mass is 10.1. The van der Waals surface area contributed by atoms with Crippen LogP contribution in [0.1, 0.15) is 50.8 Å². The highest BCUT2D eigenvalue weighted by Gasteiger charge is 1.95. The van der Waals surface area contributed by atoms with Crippen LogP contribution in [0.2, 0.25) is 0 Å². The van der Waals surface area contributed by atoms with Crippen LogP contribution in [0.15, 0.2) is 41.2 Å². The fourth-order valence-corrected chi connectivity index (χ4v) is 2.14. The second-order valence-corrected chi connectivity index (χ2v) is 5.40. The maximum Gasteiger partial charge on any atom is 0.0428 e. The molecule has 2 aromatic rings. The third kappa shape index (κ3) is 5.14. The van der Waals surface area contributed by atoms with E-state index in [-0.39, 0.29) is 0 Å². The smallest absolute Gasteiger partial charge is 0.0428 e. The first kappa shape index (κ1) is 13.9. The highest BCUT2D eigenvalue weighted by atomic mass is 32.1. The molecule has 0 aliphatic rings. The van der Waals surface area contributed by atoms with Crippen LogP contribution in [0.25, 0.3) is 0 Å². The molecule has 0 spiro atoms. The molecule has 2 heteroatoms. The van der Waals surface area contributed by atoms with E-state index >= 15 is 0 Å². The molecule has 1 nitrogen and oxygen atoms in total. The van der Waals surface area contributed by atoms with Gasteiger partial charge in [-0.3, -0.25) is 4.98 Å². The number of rotatable bonds is 2. The Kier molecular flexibility index (Phi) is 5.92. The van der Waals surface area contributed by atoms with Crippen molar-refractivity contribution in [2.24, 2.45) is 0 Å². The second kappa shape index (κ2) is 7.23. The number of aromatic nitrogens is 1. The zero-order valence-corrected chi connectivity index (χ0v) is 11.9. The van der Waals surface area contributed by atoms with Gasteiger partial charge in [0, 0.05) is 11.9 Å². The van der Waals surface area contributed by atoms with Crippen LogP contribution >= 0.6 is 11.3 Å². The van der Waals surface area contributed by atoms with E-state index in [1.807, 2.05) is 24.4 Å². The van der Waals surface area contributed by atoms with Gasteiger partial charge >= 0.3 is 0 Å². The molecule has 0 fully saturated rings. The highest BCUT2D eigenvalue weighted by molar-refractivity contribution is 7.07. The second-order valence-electron chi connectivity index (χ2n) is 4.62. The van der Waals surface area contributed by atoms with E-state index < -0.39 is 0 Å². The predicted molar refractivity (Wildman–Crippen MR) is 76.7 cm³/mol. The van der Waals surface area contributed by atoms with Crippen molar-refractivity contribution in [2.45, 2.75) is 39.5 Å². The third-order valence-electron chi connectivity index (χ3n) is 2.49. The lowest BCUT2D eigenvalue weighted by Crippen LogP contribution is -1.88. The highest BCUT2D eigenvalue weighted by Crippen LogP contribution is 2.16. The maximum absolute atomic E-state index is 4.18. The van der Waals surface area contributed by atoms with Crippen molar-refractivity contribution in [3.63, 3.8) is 0 Å². The number of nitrogens with zero attached hydrogens (tertiary/aromatic N) is 1. The van der Waals surface area contributed by atoms with Gasteiger partial charge < -0.3 is 0 Å². The van der Waals surface area contributed by atoms with Crippen molar-refractivity contribution in [2.75, 3.05) is 0 Å². The predicted octanol–water partition coefficient (Wildman–Crippen LogP) is 5.08. The normalized spacial score (nSPS) is 10.2. The molecule has 0 saturated carbocycles. The van der Waals surface area contributed by atoms with Gasteiger partial charge in [0.2, 0.25) is 0 Å². The minimum atomic E-state index is 0.547. The molecule has 2 aromatic heterocycles. The van der Waals surface area contributed by atoms with Gasteiger partial charge in [-0.15, -0.1) is 0 Å². The molecule has 0 saturated heterocycles. The Bertz CT molecular complexity index is 390. The topological polar surface area (TPSA) is 12.9 Å². The van der Waals surface area contributed by atoms with E-state index in [2.05, 4.69) is 49.5 Å². The maximum atomic E-state index is 4.18. The molecule has 0 aliphatic carbocycles. The van der Waals surface area contributed by atoms with Gasteiger partial charge in [0.05, 0.1) is 0 Å². The molecule has 2 rings (SSSR count). The van der Waals surface area contributed by atoms with E-state index in [0.717, 1.165) is 5.69 Å². The Morgan fingerprint density at radius 1 is 1.00 bits per heavy atom. The van der Waals surface area contributed by atoms with Crippen LogP contribution in [0.5, 0.6) is 0 Å². The monoisotopic (exact) mass is 247 g/mol. The average Bonchev–Trinajstić information content (AvgIpc) is 2.84. The molecule has 0 N–H and O–H groups in total. The van der Waals surface area contributed by atoms with Gasteiger partial charge in [-0.25, -0.2) is 0 Å². The Hall–Kier alpha value is -1.15. The number of hydrogen-bond donors (Lipinski definition) is 0. The molecule has 0 aromatic carbocycles. The summed E-state index contributed by atoms with van der Waals surface area (Å²) < 4.78 is 0. The largest absolute Gasteiger partial charge is 0.261 e. The van der Waals surface area contributed by atoms with Gasteiger partial charge in [0.25, 0.3) is 0 Å². The molecule has 0 amide bonds. The molecular weight excluding hydrogens is 226 g/mol. The molecule has 0 atom stereocenters. The fraction of sp³-hybridized carbons (Fsp3) is 0.400. The molecule has 0 bridgehead atoms. The van der Waals surface area contributed by atoms with Crippen molar-refractivity contribution < 1.29 is 0 Å². The van der Waals surface area contributed by atoms with Crippen LogP contribution in [0.3, 0.4) is 0 Å². The zero-order valence-electron chi connectivity index (χ0n) is 11.1. The average molecular weight is 247 g/mol. The van der Waals surface area contributed by atoms with E-state index in [1.165, 1.54) is 5.56 Å². The first-order valence-corrected chi connectivity index (χ1v) is 6.98. The Balaban J connectivity index is 0.000000171. The molecule has 0 aliphatic heterocycles. The minimum Gasteiger partial charge on any atom is -0.261 e. The Morgan fingerprint density at radius 3 is 2.06 bits per heavy atom. The third-order valence-corrected chi connectivity index (χ3v) is 3.19. The molecule has 92 valence electrons. The van der Waals surface area contributed by atoms with Crippen LogP contribution < -0.4 is 0 Å².